The first-order valence-electron chi connectivity index (χ1n) is 6.31. The summed E-state index contributed by atoms with van der Waals surface area (Å²) in [7, 11) is 2.20. The van der Waals surface area contributed by atoms with Crippen molar-refractivity contribution in [3.05, 3.63) is 0 Å². The molecule has 0 aliphatic carbocycles. The van der Waals surface area contributed by atoms with E-state index in [0.717, 1.165) is 12.5 Å². The predicted molar refractivity (Wildman–Crippen MR) is 72.2 cm³/mol. The van der Waals surface area contributed by atoms with Crippen LogP contribution in [0.3, 0.4) is 0 Å². The number of piperidine rings is 1. The van der Waals surface area contributed by atoms with Gasteiger partial charge >= 0.3 is 0 Å². The van der Waals surface area contributed by atoms with Crippen LogP contribution in [-0.2, 0) is 0 Å². The number of likely N-dealkylation sites (tertiary alicyclic amines) is 1. The molecule has 1 saturated heterocycles. The quantitative estimate of drug-likeness (QED) is 0.799. The molecule has 0 bridgehead atoms. The highest BCUT2D eigenvalue weighted by molar-refractivity contribution is 8.14. The molecule has 0 amide bonds. The Bertz CT molecular complexity index is 257. The molecule has 1 atom stereocenters. The van der Waals surface area contributed by atoms with Crippen LogP contribution in [0.1, 0.15) is 26.7 Å². The number of hydrogen-bond acceptors (Lipinski definition) is 4. The van der Waals surface area contributed by atoms with Crippen molar-refractivity contribution in [3.63, 3.8) is 0 Å². The van der Waals surface area contributed by atoms with Crippen LogP contribution in [0.25, 0.3) is 0 Å². The molecule has 2 aliphatic rings. The van der Waals surface area contributed by atoms with Gasteiger partial charge in [0.25, 0.3) is 0 Å². The van der Waals surface area contributed by atoms with Crippen LogP contribution in [0.2, 0.25) is 0 Å². The molecular formula is C12H23N3S. The first kappa shape index (κ1) is 12.2. The molecule has 0 aromatic carbocycles. The Labute approximate surface area is 103 Å². The van der Waals surface area contributed by atoms with Gasteiger partial charge in [-0.2, -0.15) is 0 Å². The second kappa shape index (κ2) is 5.41. The third-order valence-electron chi connectivity index (χ3n) is 3.47. The molecule has 2 aliphatic heterocycles. The van der Waals surface area contributed by atoms with Crippen molar-refractivity contribution in [1.82, 2.24) is 10.2 Å². The molecule has 0 radical (unpaired) electrons. The molecule has 0 aromatic heterocycles. The number of rotatable bonds is 2. The normalized spacial score (nSPS) is 28.5. The average Bonchev–Trinajstić information content (AvgIpc) is 2.70. The predicted octanol–water partition coefficient (Wildman–Crippen LogP) is 1.80. The van der Waals surface area contributed by atoms with E-state index in [9.17, 15) is 0 Å². The lowest BCUT2D eigenvalue weighted by Crippen LogP contribution is -2.42. The SMILES string of the molecule is CC(C)C1CN=C(NC2CCN(C)CC2)S1. The Morgan fingerprint density at radius 3 is 2.62 bits per heavy atom. The molecule has 92 valence electrons. The van der Waals surface area contributed by atoms with Gasteiger partial charge in [-0.3, -0.25) is 4.99 Å². The molecule has 4 heteroatoms. The second-order valence-electron chi connectivity index (χ2n) is 5.27. The van der Waals surface area contributed by atoms with Gasteiger partial charge < -0.3 is 10.2 Å². The van der Waals surface area contributed by atoms with Gasteiger partial charge in [0.15, 0.2) is 5.17 Å². The number of amidine groups is 1. The summed E-state index contributed by atoms with van der Waals surface area (Å²) in [5.74, 6) is 0.727. The lowest BCUT2D eigenvalue weighted by Gasteiger charge is -2.30. The van der Waals surface area contributed by atoms with Gasteiger partial charge in [-0.1, -0.05) is 25.6 Å². The molecular weight excluding hydrogens is 218 g/mol. The fraction of sp³-hybridized carbons (Fsp3) is 0.917. The lowest BCUT2D eigenvalue weighted by molar-refractivity contribution is 0.247. The van der Waals surface area contributed by atoms with Gasteiger partial charge in [0.1, 0.15) is 0 Å². The number of aliphatic imine (C=N–C) groups is 1. The summed E-state index contributed by atoms with van der Waals surface area (Å²) in [5.41, 5.74) is 0. The minimum Gasteiger partial charge on any atom is -0.362 e. The van der Waals surface area contributed by atoms with E-state index >= 15 is 0 Å². The summed E-state index contributed by atoms with van der Waals surface area (Å²) >= 11 is 1.94. The zero-order valence-corrected chi connectivity index (χ0v) is 11.4. The molecule has 1 N–H and O–H groups in total. The van der Waals surface area contributed by atoms with E-state index in [0.29, 0.717) is 11.3 Å². The van der Waals surface area contributed by atoms with Crippen molar-refractivity contribution in [3.8, 4) is 0 Å². The maximum atomic E-state index is 4.61. The fourth-order valence-corrected chi connectivity index (χ4v) is 3.24. The standard InChI is InChI=1S/C12H23N3S/c1-9(2)11-8-13-12(16-11)14-10-4-6-15(3)7-5-10/h9-11H,4-8H2,1-3H3,(H,13,14). The first-order valence-corrected chi connectivity index (χ1v) is 7.19. The third kappa shape index (κ3) is 3.14. The van der Waals surface area contributed by atoms with Crippen molar-refractivity contribution < 1.29 is 0 Å². The van der Waals surface area contributed by atoms with Crippen LogP contribution >= 0.6 is 11.8 Å². The monoisotopic (exact) mass is 241 g/mol. The maximum Gasteiger partial charge on any atom is 0.157 e. The van der Waals surface area contributed by atoms with E-state index in [4.69, 9.17) is 0 Å². The smallest absolute Gasteiger partial charge is 0.157 e. The van der Waals surface area contributed by atoms with E-state index in [1.54, 1.807) is 0 Å². The van der Waals surface area contributed by atoms with Gasteiger partial charge in [0.2, 0.25) is 0 Å². The minimum atomic E-state index is 0.647. The van der Waals surface area contributed by atoms with E-state index < -0.39 is 0 Å². The van der Waals surface area contributed by atoms with Crippen molar-refractivity contribution >= 4 is 16.9 Å². The van der Waals surface area contributed by atoms with Gasteiger partial charge in [-0.15, -0.1) is 0 Å². The Morgan fingerprint density at radius 2 is 2.06 bits per heavy atom. The molecule has 2 rings (SSSR count). The topological polar surface area (TPSA) is 27.6 Å². The molecule has 16 heavy (non-hydrogen) atoms. The van der Waals surface area contributed by atoms with E-state index in [-0.39, 0.29) is 0 Å². The van der Waals surface area contributed by atoms with E-state index in [1.807, 2.05) is 11.8 Å². The van der Waals surface area contributed by atoms with E-state index in [2.05, 4.69) is 36.1 Å². The summed E-state index contributed by atoms with van der Waals surface area (Å²) < 4.78 is 0. The zero-order chi connectivity index (χ0) is 11.5. The third-order valence-corrected chi connectivity index (χ3v) is 4.93. The average molecular weight is 241 g/mol. The summed E-state index contributed by atoms with van der Waals surface area (Å²) in [6.07, 6.45) is 2.50. The summed E-state index contributed by atoms with van der Waals surface area (Å²) in [6.45, 7) is 7.99. The number of thioether (sulfide) groups is 1. The number of hydrogen-bond donors (Lipinski definition) is 1. The first-order chi connectivity index (χ1) is 7.65. The molecule has 0 saturated carbocycles. The molecule has 0 spiro atoms. The van der Waals surface area contributed by atoms with Crippen molar-refractivity contribution in [1.29, 1.82) is 0 Å². The Kier molecular flexibility index (Phi) is 4.14. The Morgan fingerprint density at radius 1 is 1.38 bits per heavy atom. The Balaban J connectivity index is 1.75. The van der Waals surface area contributed by atoms with Gasteiger partial charge in [-0.25, -0.2) is 0 Å². The van der Waals surface area contributed by atoms with Crippen LogP contribution in [0.15, 0.2) is 4.99 Å². The van der Waals surface area contributed by atoms with E-state index in [1.165, 1.54) is 31.1 Å². The van der Waals surface area contributed by atoms with Gasteiger partial charge in [0, 0.05) is 11.3 Å². The molecule has 0 aromatic rings. The fourth-order valence-electron chi connectivity index (χ4n) is 2.14. The second-order valence-corrected chi connectivity index (χ2v) is 6.50. The minimum absolute atomic E-state index is 0.647. The highest BCUT2D eigenvalue weighted by atomic mass is 32.2. The summed E-state index contributed by atoms with van der Waals surface area (Å²) in [6, 6.07) is 0.647. The highest BCUT2D eigenvalue weighted by Gasteiger charge is 2.25. The lowest BCUT2D eigenvalue weighted by atomic mass is 10.1. The van der Waals surface area contributed by atoms with Crippen molar-refractivity contribution in [2.75, 3.05) is 26.7 Å². The highest BCUT2D eigenvalue weighted by Crippen LogP contribution is 2.26. The molecule has 1 unspecified atom stereocenters. The van der Waals surface area contributed by atoms with Crippen LogP contribution in [0.4, 0.5) is 0 Å². The number of nitrogens with one attached hydrogen (secondary N) is 1. The van der Waals surface area contributed by atoms with Crippen LogP contribution < -0.4 is 5.32 Å². The van der Waals surface area contributed by atoms with Crippen LogP contribution in [0.5, 0.6) is 0 Å². The van der Waals surface area contributed by atoms with Crippen LogP contribution in [0, 0.1) is 5.92 Å². The zero-order valence-electron chi connectivity index (χ0n) is 10.6. The molecule has 1 fully saturated rings. The van der Waals surface area contributed by atoms with Crippen molar-refractivity contribution in [2.24, 2.45) is 10.9 Å². The Hall–Kier alpha value is -0.220. The molecule has 2 heterocycles. The molecule has 3 nitrogen and oxygen atoms in total. The van der Waals surface area contributed by atoms with Crippen LogP contribution in [-0.4, -0.2) is 48.0 Å². The van der Waals surface area contributed by atoms with Gasteiger partial charge in [-0.05, 0) is 38.9 Å². The summed E-state index contributed by atoms with van der Waals surface area (Å²) in [4.78, 5) is 7.01. The number of nitrogens with zero attached hydrogens (tertiary/aromatic N) is 2. The van der Waals surface area contributed by atoms with Crippen molar-refractivity contribution in [2.45, 2.75) is 38.0 Å². The van der Waals surface area contributed by atoms with Gasteiger partial charge in [0.05, 0.1) is 6.54 Å². The largest absolute Gasteiger partial charge is 0.362 e. The summed E-state index contributed by atoms with van der Waals surface area (Å²) in [5, 5.41) is 5.49. The maximum absolute atomic E-state index is 4.61.